The highest BCUT2D eigenvalue weighted by Crippen LogP contribution is 2.22. The molecule has 0 unspecified atom stereocenters. The van der Waals surface area contributed by atoms with Crippen molar-refractivity contribution in [2.45, 2.75) is 24.6 Å². The second kappa shape index (κ2) is 9.90. The maximum absolute atomic E-state index is 12.9. The maximum atomic E-state index is 12.9. The number of rotatable bonds is 7. The Kier molecular flexibility index (Phi) is 7.26. The molecule has 9 nitrogen and oxygen atoms in total. The Morgan fingerprint density at radius 1 is 1.10 bits per heavy atom. The fourth-order valence-electron chi connectivity index (χ4n) is 3.15. The van der Waals surface area contributed by atoms with Crippen LogP contribution in [0.4, 0.5) is 0 Å². The Labute approximate surface area is 181 Å². The number of benzene rings is 2. The van der Waals surface area contributed by atoms with E-state index in [0.717, 1.165) is 11.1 Å². The summed E-state index contributed by atoms with van der Waals surface area (Å²) < 4.78 is 37.7. The van der Waals surface area contributed by atoms with E-state index >= 15 is 0 Å². The normalized spacial score (nSPS) is 16.6. The van der Waals surface area contributed by atoms with Gasteiger partial charge < -0.3 is 20.1 Å². The molecule has 0 bridgehead atoms. The Balaban J connectivity index is 1.56. The average molecular weight is 448 g/mol. The number of sulfonamides is 1. The van der Waals surface area contributed by atoms with Gasteiger partial charge in [0.05, 0.1) is 25.2 Å². The van der Waals surface area contributed by atoms with E-state index < -0.39 is 28.1 Å². The van der Waals surface area contributed by atoms with Gasteiger partial charge in [-0.05, 0) is 25.1 Å². The molecule has 0 aliphatic carbocycles. The van der Waals surface area contributed by atoms with Gasteiger partial charge in [0.1, 0.15) is 12.0 Å². The summed E-state index contributed by atoms with van der Waals surface area (Å²) in [6.45, 7) is 2.20. The summed E-state index contributed by atoms with van der Waals surface area (Å²) in [5, 5.41) is 4.96. The van der Waals surface area contributed by atoms with E-state index in [0.29, 0.717) is 5.75 Å². The molecule has 2 N–H and O–H groups in total. The molecule has 0 aromatic heterocycles. The van der Waals surface area contributed by atoms with Crippen molar-refractivity contribution in [3.05, 3.63) is 59.7 Å². The number of nitrogens with one attached hydrogen (secondary N) is 2. The summed E-state index contributed by atoms with van der Waals surface area (Å²) in [6, 6.07) is 13.6. The number of ether oxygens (including phenoxy) is 2. The fraction of sp³-hybridized carbons (Fsp3) is 0.333. The Hall–Kier alpha value is -2.95. The van der Waals surface area contributed by atoms with Gasteiger partial charge in [-0.3, -0.25) is 9.59 Å². The number of amides is 2. The lowest BCUT2D eigenvalue weighted by molar-refractivity contribution is -0.139. The zero-order valence-corrected chi connectivity index (χ0v) is 18.1. The van der Waals surface area contributed by atoms with Crippen LogP contribution in [0.2, 0.25) is 0 Å². The van der Waals surface area contributed by atoms with Gasteiger partial charge in [-0.2, -0.15) is 4.31 Å². The predicted octanol–water partition coefficient (Wildman–Crippen LogP) is 0.783. The molecule has 1 saturated heterocycles. The number of hydrogen-bond acceptors (Lipinski definition) is 6. The van der Waals surface area contributed by atoms with Gasteiger partial charge in [0.2, 0.25) is 10.0 Å². The molecule has 3 rings (SSSR count). The predicted molar refractivity (Wildman–Crippen MR) is 113 cm³/mol. The largest absolute Gasteiger partial charge is 0.496 e. The number of methoxy groups -OCH3 is 1. The van der Waals surface area contributed by atoms with Crippen molar-refractivity contribution in [2.24, 2.45) is 0 Å². The van der Waals surface area contributed by atoms with Gasteiger partial charge in [0.25, 0.3) is 0 Å². The highest BCUT2D eigenvalue weighted by atomic mass is 32.2. The van der Waals surface area contributed by atoms with Crippen LogP contribution in [0.3, 0.4) is 0 Å². The lowest BCUT2D eigenvalue weighted by Crippen LogP contribution is -2.47. The number of nitrogens with zero attached hydrogens (tertiary/aromatic N) is 1. The third-order valence-electron chi connectivity index (χ3n) is 4.85. The number of carbonyl (C=O) groups excluding carboxylic acids is 2. The smallest absolute Gasteiger partial charge is 0.309 e. The van der Waals surface area contributed by atoms with E-state index in [9.17, 15) is 18.0 Å². The first kappa shape index (κ1) is 22.7. The van der Waals surface area contributed by atoms with Crippen molar-refractivity contribution < 1.29 is 27.5 Å². The molecule has 166 valence electrons. The molecule has 1 aliphatic rings. The first-order valence-electron chi connectivity index (χ1n) is 9.71. The van der Waals surface area contributed by atoms with E-state index in [-0.39, 0.29) is 31.1 Å². The molecule has 1 aliphatic heterocycles. The number of carbonyl (C=O) groups is 2. The third-order valence-corrected chi connectivity index (χ3v) is 6.75. The van der Waals surface area contributed by atoms with E-state index in [1.54, 1.807) is 36.4 Å². The van der Waals surface area contributed by atoms with Gasteiger partial charge in [-0.15, -0.1) is 0 Å². The Morgan fingerprint density at radius 3 is 2.48 bits per heavy atom. The van der Waals surface area contributed by atoms with Gasteiger partial charge >= 0.3 is 11.8 Å². The van der Waals surface area contributed by atoms with Crippen molar-refractivity contribution >= 4 is 21.8 Å². The van der Waals surface area contributed by atoms with Gasteiger partial charge in [0, 0.05) is 18.7 Å². The van der Waals surface area contributed by atoms with Crippen LogP contribution in [0, 0.1) is 6.92 Å². The zero-order valence-electron chi connectivity index (χ0n) is 17.3. The van der Waals surface area contributed by atoms with Gasteiger partial charge in [0.15, 0.2) is 0 Å². The quantitative estimate of drug-likeness (QED) is 0.607. The minimum atomic E-state index is -3.78. The van der Waals surface area contributed by atoms with Crippen molar-refractivity contribution in [3.8, 4) is 5.75 Å². The van der Waals surface area contributed by atoms with Crippen molar-refractivity contribution in [1.29, 1.82) is 0 Å². The highest BCUT2D eigenvalue weighted by molar-refractivity contribution is 7.89. The molecule has 31 heavy (non-hydrogen) atoms. The topological polar surface area (TPSA) is 114 Å². The summed E-state index contributed by atoms with van der Waals surface area (Å²) in [5.41, 5.74) is 1.67. The number of para-hydroxylation sites is 1. The molecule has 0 radical (unpaired) electrons. The first-order chi connectivity index (χ1) is 14.8. The molecule has 10 heteroatoms. The van der Waals surface area contributed by atoms with Gasteiger partial charge in [-0.1, -0.05) is 35.9 Å². The molecule has 1 heterocycles. The third kappa shape index (κ3) is 5.40. The second-order valence-electron chi connectivity index (χ2n) is 6.96. The second-order valence-corrected chi connectivity index (χ2v) is 8.85. The average Bonchev–Trinajstić information content (AvgIpc) is 3.26. The lowest BCUT2D eigenvalue weighted by Gasteiger charge is -2.23. The first-order valence-corrected chi connectivity index (χ1v) is 11.1. The SMILES string of the molecule is COc1ccccc1CNC(=O)C(=O)NC[C@H]1OCCN1S(=O)(=O)c1ccc(C)cc1. The van der Waals surface area contributed by atoms with Crippen LogP contribution in [0.15, 0.2) is 53.4 Å². The highest BCUT2D eigenvalue weighted by Gasteiger charge is 2.36. The summed E-state index contributed by atoms with van der Waals surface area (Å²) in [4.78, 5) is 24.4. The monoisotopic (exact) mass is 447 g/mol. The molecular formula is C21H25N3O6S. The van der Waals surface area contributed by atoms with Crippen molar-refractivity contribution in [3.63, 3.8) is 0 Å². The molecular weight excluding hydrogens is 422 g/mol. The summed E-state index contributed by atoms with van der Waals surface area (Å²) in [5.74, 6) is -1.12. The standard InChI is InChI=1S/C21H25N3O6S/c1-15-7-9-17(10-8-15)31(27,28)24-11-12-30-19(24)14-23-21(26)20(25)22-13-16-5-3-4-6-18(16)29-2/h3-10,19H,11-14H2,1-2H3,(H,22,25)(H,23,26)/t19-/m1/s1. The molecule has 0 spiro atoms. The molecule has 0 saturated carbocycles. The van der Waals surface area contributed by atoms with E-state index in [1.165, 1.54) is 23.5 Å². The maximum Gasteiger partial charge on any atom is 0.309 e. The van der Waals surface area contributed by atoms with E-state index in [2.05, 4.69) is 10.6 Å². The molecule has 1 fully saturated rings. The van der Waals surface area contributed by atoms with Crippen LogP contribution in [0.1, 0.15) is 11.1 Å². The number of hydrogen-bond donors (Lipinski definition) is 2. The summed E-state index contributed by atoms with van der Waals surface area (Å²) in [7, 11) is -2.26. The van der Waals surface area contributed by atoms with E-state index in [4.69, 9.17) is 9.47 Å². The van der Waals surface area contributed by atoms with E-state index in [1.807, 2.05) is 6.92 Å². The fourth-order valence-corrected chi connectivity index (χ4v) is 4.66. The van der Waals surface area contributed by atoms with Gasteiger partial charge in [-0.25, -0.2) is 8.42 Å². The van der Waals surface area contributed by atoms with Crippen LogP contribution < -0.4 is 15.4 Å². The van der Waals surface area contributed by atoms with Crippen LogP contribution in [0.25, 0.3) is 0 Å². The number of aryl methyl sites for hydroxylation is 1. The zero-order chi connectivity index (χ0) is 22.4. The summed E-state index contributed by atoms with van der Waals surface area (Å²) >= 11 is 0. The molecule has 2 amide bonds. The molecule has 1 atom stereocenters. The van der Waals surface area contributed by atoms with Crippen LogP contribution in [-0.2, 0) is 30.9 Å². The van der Waals surface area contributed by atoms with Crippen LogP contribution in [0.5, 0.6) is 5.75 Å². The molecule has 2 aromatic carbocycles. The Bertz CT molecular complexity index is 1040. The van der Waals surface area contributed by atoms with Crippen molar-refractivity contribution in [2.75, 3.05) is 26.8 Å². The molecule has 2 aromatic rings. The van der Waals surface area contributed by atoms with Crippen LogP contribution in [-0.4, -0.2) is 57.6 Å². The van der Waals surface area contributed by atoms with Crippen LogP contribution >= 0.6 is 0 Å². The minimum Gasteiger partial charge on any atom is -0.496 e. The summed E-state index contributed by atoms with van der Waals surface area (Å²) in [6.07, 6.45) is -0.891. The van der Waals surface area contributed by atoms with Crippen molar-refractivity contribution in [1.82, 2.24) is 14.9 Å². The Morgan fingerprint density at radius 2 is 1.77 bits per heavy atom. The lowest BCUT2D eigenvalue weighted by atomic mass is 10.2. The minimum absolute atomic E-state index is 0.115.